The van der Waals surface area contributed by atoms with E-state index in [1.54, 1.807) is 13.0 Å². The number of carbonyl (C=O) groups excluding carboxylic acids is 1. The van der Waals surface area contributed by atoms with Crippen LogP contribution >= 0.6 is 9.24 Å². The van der Waals surface area contributed by atoms with Gasteiger partial charge in [-0.05, 0) is 23.9 Å². The van der Waals surface area contributed by atoms with Crippen molar-refractivity contribution >= 4 is 26.4 Å². The smallest absolute Gasteiger partial charge is 0.152 e. The molecule has 0 N–H and O–H groups in total. The minimum atomic E-state index is 0.0725. The minimum absolute atomic E-state index is 0.0725. The van der Waals surface area contributed by atoms with Gasteiger partial charge in [0.1, 0.15) is 0 Å². The molecule has 0 spiro atoms. The van der Waals surface area contributed by atoms with E-state index in [1.165, 1.54) is 0 Å². The Morgan fingerprint density at radius 3 is 2.67 bits per heavy atom. The van der Waals surface area contributed by atoms with Gasteiger partial charge in [-0.25, -0.2) is 0 Å². The summed E-state index contributed by atoms with van der Waals surface area (Å²) in [5, 5.41) is 1.11. The lowest BCUT2D eigenvalue weighted by molar-refractivity contribution is -0.112. The summed E-state index contributed by atoms with van der Waals surface area (Å²) in [6.07, 6.45) is 3.40. The molecule has 0 aromatic heterocycles. The van der Waals surface area contributed by atoms with E-state index < -0.39 is 0 Å². The number of allylic oxidation sites excluding steroid dienone is 1. The van der Waals surface area contributed by atoms with E-state index in [0.29, 0.717) is 0 Å². The molecule has 0 amide bonds. The predicted molar refractivity (Wildman–Crippen MR) is 55.5 cm³/mol. The third-order valence-electron chi connectivity index (χ3n) is 1.49. The van der Waals surface area contributed by atoms with E-state index in [1.807, 2.05) is 30.3 Å². The first-order valence-electron chi connectivity index (χ1n) is 3.73. The summed E-state index contributed by atoms with van der Waals surface area (Å²) in [6.45, 7) is 1.54. The maximum Gasteiger partial charge on any atom is 0.152 e. The molecular weight excluding hydrogens is 167 g/mol. The molecule has 1 aromatic carbocycles. The van der Waals surface area contributed by atoms with Gasteiger partial charge >= 0.3 is 0 Å². The fourth-order valence-corrected chi connectivity index (χ4v) is 1.17. The van der Waals surface area contributed by atoms with E-state index >= 15 is 0 Å². The molecular formula is C10H11OP. The second-order valence-corrected chi connectivity index (χ2v) is 3.19. The van der Waals surface area contributed by atoms with E-state index in [0.717, 1.165) is 10.9 Å². The summed E-state index contributed by atoms with van der Waals surface area (Å²) in [6, 6.07) is 7.88. The molecule has 0 radical (unpaired) electrons. The summed E-state index contributed by atoms with van der Waals surface area (Å²) in [5.41, 5.74) is 1.07. The molecule has 0 bridgehead atoms. The molecule has 0 fully saturated rings. The van der Waals surface area contributed by atoms with Crippen molar-refractivity contribution in [1.29, 1.82) is 0 Å². The van der Waals surface area contributed by atoms with Crippen LogP contribution in [0.2, 0.25) is 0 Å². The topological polar surface area (TPSA) is 17.1 Å². The van der Waals surface area contributed by atoms with Crippen molar-refractivity contribution in [1.82, 2.24) is 0 Å². The van der Waals surface area contributed by atoms with Crippen LogP contribution in [0.4, 0.5) is 0 Å². The molecule has 0 aliphatic heterocycles. The Morgan fingerprint density at radius 2 is 2.08 bits per heavy atom. The Kier molecular flexibility index (Phi) is 3.19. The molecule has 1 unspecified atom stereocenters. The highest BCUT2D eigenvalue weighted by Crippen LogP contribution is 2.02. The summed E-state index contributed by atoms with van der Waals surface area (Å²) in [4.78, 5) is 10.6. The Labute approximate surface area is 74.7 Å². The third-order valence-corrected chi connectivity index (χ3v) is 2.02. The van der Waals surface area contributed by atoms with Crippen LogP contribution in [0.5, 0.6) is 0 Å². The molecule has 0 heterocycles. The molecule has 62 valence electrons. The van der Waals surface area contributed by atoms with Gasteiger partial charge in [-0.3, -0.25) is 4.79 Å². The molecule has 0 saturated carbocycles. The van der Waals surface area contributed by atoms with Gasteiger partial charge in [0.25, 0.3) is 0 Å². The van der Waals surface area contributed by atoms with Crippen molar-refractivity contribution in [2.75, 3.05) is 0 Å². The number of benzene rings is 1. The number of carbonyl (C=O) groups is 1. The Hall–Kier alpha value is -0.940. The van der Waals surface area contributed by atoms with E-state index in [-0.39, 0.29) is 5.78 Å². The first-order chi connectivity index (χ1) is 5.70. The fraction of sp³-hybridized carbons (Fsp3) is 0.100. The fourth-order valence-electron chi connectivity index (χ4n) is 0.870. The average Bonchev–Trinajstić information content (AvgIpc) is 2.03. The van der Waals surface area contributed by atoms with E-state index in [2.05, 4.69) is 9.24 Å². The zero-order valence-electron chi connectivity index (χ0n) is 6.95. The van der Waals surface area contributed by atoms with Crippen molar-refractivity contribution < 1.29 is 4.79 Å². The second kappa shape index (κ2) is 4.18. The lowest BCUT2D eigenvalue weighted by atomic mass is 10.2. The van der Waals surface area contributed by atoms with Crippen LogP contribution in [0.3, 0.4) is 0 Å². The molecule has 1 aromatic rings. The number of rotatable bonds is 2. The van der Waals surface area contributed by atoms with Crippen LogP contribution in [-0.2, 0) is 4.79 Å². The molecule has 0 aliphatic carbocycles. The van der Waals surface area contributed by atoms with Gasteiger partial charge in [-0.15, -0.1) is 9.24 Å². The zero-order valence-corrected chi connectivity index (χ0v) is 8.10. The van der Waals surface area contributed by atoms with Crippen LogP contribution in [0.1, 0.15) is 12.5 Å². The highest BCUT2D eigenvalue weighted by Gasteiger charge is 1.90. The lowest BCUT2D eigenvalue weighted by Crippen LogP contribution is -1.94. The molecule has 1 atom stereocenters. The van der Waals surface area contributed by atoms with Gasteiger partial charge in [0.05, 0.1) is 0 Å². The predicted octanol–water partition coefficient (Wildman–Crippen LogP) is 1.79. The normalized spacial score (nSPS) is 10.5. The summed E-state index contributed by atoms with van der Waals surface area (Å²) >= 11 is 0. The maximum absolute atomic E-state index is 10.6. The number of hydrogen-bond donors (Lipinski definition) is 0. The van der Waals surface area contributed by atoms with Gasteiger partial charge in [-0.2, -0.15) is 0 Å². The third kappa shape index (κ3) is 2.60. The van der Waals surface area contributed by atoms with Gasteiger partial charge < -0.3 is 0 Å². The van der Waals surface area contributed by atoms with Gasteiger partial charge in [0, 0.05) is 0 Å². The summed E-state index contributed by atoms with van der Waals surface area (Å²) in [7, 11) is 2.63. The van der Waals surface area contributed by atoms with Crippen LogP contribution in [-0.4, -0.2) is 5.78 Å². The van der Waals surface area contributed by atoms with Crippen LogP contribution in [0.25, 0.3) is 6.08 Å². The average molecular weight is 178 g/mol. The van der Waals surface area contributed by atoms with Crippen molar-refractivity contribution in [3.63, 3.8) is 0 Å². The minimum Gasteiger partial charge on any atom is -0.295 e. The lowest BCUT2D eigenvalue weighted by Gasteiger charge is -1.96. The van der Waals surface area contributed by atoms with Crippen LogP contribution in [0.15, 0.2) is 30.3 Å². The molecule has 1 nitrogen and oxygen atoms in total. The monoisotopic (exact) mass is 178 g/mol. The highest BCUT2D eigenvalue weighted by molar-refractivity contribution is 7.27. The van der Waals surface area contributed by atoms with Crippen LogP contribution in [0, 0.1) is 0 Å². The number of ketones is 1. The first-order valence-corrected chi connectivity index (χ1v) is 4.31. The van der Waals surface area contributed by atoms with Crippen molar-refractivity contribution in [2.24, 2.45) is 0 Å². The SMILES string of the molecule is CC(=O)/C=C/c1ccccc1P. The van der Waals surface area contributed by atoms with Crippen molar-refractivity contribution in [3.05, 3.63) is 35.9 Å². The Morgan fingerprint density at radius 1 is 1.42 bits per heavy atom. The van der Waals surface area contributed by atoms with Crippen molar-refractivity contribution in [3.8, 4) is 0 Å². The van der Waals surface area contributed by atoms with E-state index in [9.17, 15) is 4.79 Å². The standard InChI is InChI=1S/C10H11OP/c1-8(11)6-7-9-4-2-3-5-10(9)12/h2-7H,12H2,1H3/b7-6+. The quantitative estimate of drug-likeness (QED) is 0.498. The van der Waals surface area contributed by atoms with Crippen LogP contribution < -0.4 is 5.30 Å². The largest absolute Gasteiger partial charge is 0.295 e. The highest BCUT2D eigenvalue weighted by atomic mass is 31.0. The van der Waals surface area contributed by atoms with Gasteiger partial charge in [0.15, 0.2) is 5.78 Å². The summed E-state index contributed by atoms with van der Waals surface area (Å²) < 4.78 is 0. The van der Waals surface area contributed by atoms with Gasteiger partial charge in [-0.1, -0.05) is 30.3 Å². The Bertz CT molecular complexity index is 315. The molecule has 0 saturated heterocycles. The zero-order chi connectivity index (χ0) is 8.97. The first kappa shape index (κ1) is 9.15. The van der Waals surface area contributed by atoms with Gasteiger partial charge in [0.2, 0.25) is 0 Å². The molecule has 12 heavy (non-hydrogen) atoms. The molecule has 2 heteroatoms. The number of hydrogen-bond acceptors (Lipinski definition) is 1. The maximum atomic E-state index is 10.6. The molecule has 0 aliphatic rings. The second-order valence-electron chi connectivity index (χ2n) is 2.57. The molecule has 1 rings (SSSR count). The summed E-state index contributed by atoms with van der Waals surface area (Å²) in [5.74, 6) is 0.0725. The van der Waals surface area contributed by atoms with E-state index in [4.69, 9.17) is 0 Å². The van der Waals surface area contributed by atoms with Crippen molar-refractivity contribution in [2.45, 2.75) is 6.92 Å². The Balaban J connectivity index is 2.89.